The Kier molecular flexibility index (Phi) is 29.1. The van der Waals surface area contributed by atoms with Crippen LogP contribution in [0.5, 0.6) is 0 Å². The zero-order valence-electron chi connectivity index (χ0n) is 50.3. The number of phosphoric ester groups is 1. The molecule has 29 N–H and O–H groups in total. The highest BCUT2D eigenvalue weighted by Crippen LogP contribution is 2.45. The Hall–Kier alpha value is -1.53. The second kappa shape index (κ2) is 34.8. The van der Waals surface area contributed by atoms with Crippen LogP contribution in [0.2, 0.25) is 0 Å². The summed E-state index contributed by atoms with van der Waals surface area (Å²) in [5.41, 5.74) is 11.2. The van der Waals surface area contributed by atoms with Crippen LogP contribution in [0.15, 0.2) is 0 Å². The van der Waals surface area contributed by atoms with Gasteiger partial charge in [-0.05, 0) is 0 Å². The summed E-state index contributed by atoms with van der Waals surface area (Å²) in [6.07, 6.45) is -84.3. The van der Waals surface area contributed by atoms with Gasteiger partial charge in [0.15, 0.2) is 50.3 Å². The second-order valence-corrected chi connectivity index (χ2v) is 25.2. The molecule has 0 saturated carbocycles. The van der Waals surface area contributed by atoms with Crippen LogP contribution in [0.25, 0.3) is 0 Å². The molecule has 8 heterocycles. The molecule has 0 amide bonds. The van der Waals surface area contributed by atoms with Gasteiger partial charge < -0.3 is 210 Å². The smallest absolute Gasteiger partial charge is 0.394 e. The highest BCUT2D eigenvalue weighted by atomic mass is 31.2. The van der Waals surface area contributed by atoms with Crippen LogP contribution in [-0.4, -0.2) is 439 Å². The summed E-state index contributed by atoms with van der Waals surface area (Å²) < 4.78 is 110. The van der Waals surface area contributed by atoms with E-state index in [1.165, 1.54) is 0 Å². The minimum atomic E-state index is -5.13. The van der Waals surface area contributed by atoms with Crippen LogP contribution in [-0.2, 0) is 84.7 Å². The average Bonchev–Trinajstić information content (AvgIpc) is 0.787. The van der Waals surface area contributed by atoms with Gasteiger partial charge in [-0.3, -0.25) is 9.05 Å². The Morgan fingerprint density at radius 3 is 1.06 bits per heavy atom. The Bertz CT molecular complexity index is 2390. The van der Waals surface area contributed by atoms with E-state index in [0.29, 0.717) is 0 Å². The van der Waals surface area contributed by atoms with E-state index in [1.54, 1.807) is 0 Å². The van der Waals surface area contributed by atoms with Crippen molar-refractivity contribution in [2.75, 3.05) is 66.0 Å². The van der Waals surface area contributed by atoms with E-state index in [2.05, 4.69) is 0 Å². The molecule has 8 aliphatic heterocycles. The summed E-state index contributed by atoms with van der Waals surface area (Å²) in [7, 11) is -5.13. The zero-order chi connectivity index (χ0) is 70.7. The van der Waals surface area contributed by atoms with E-state index in [4.69, 9.17) is 91.6 Å². The number of aliphatic hydroxyl groups is 24. The van der Waals surface area contributed by atoms with Crippen LogP contribution >= 0.6 is 7.82 Å². The Morgan fingerprint density at radius 2 is 0.615 bits per heavy atom. The van der Waals surface area contributed by atoms with Gasteiger partial charge in [-0.25, -0.2) is 4.57 Å². The largest absolute Gasteiger partial charge is 0.472 e. The first-order valence-electron chi connectivity index (χ1n) is 30.2. The fraction of sp³-hybridized carbons (Fsp3) is 1.00. The predicted molar refractivity (Wildman–Crippen MR) is 290 cm³/mol. The van der Waals surface area contributed by atoms with Crippen LogP contribution in [0.3, 0.4) is 0 Å². The Labute approximate surface area is 542 Å². The highest BCUT2D eigenvalue weighted by Gasteiger charge is 2.60. The molecule has 0 aromatic rings. The lowest BCUT2D eigenvalue weighted by Gasteiger charge is -2.51. The van der Waals surface area contributed by atoms with Crippen molar-refractivity contribution in [3.8, 4) is 0 Å². The molecular weight excluding hydrogens is 1350 g/mol. The van der Waals surface area contributed by atoms with Gasteiger partial charge in [0.1, 0.15) is 189 Å². The topological polar surface area (TPSA) is 732 Å². The van der Waals surface area contributed by atoms with E-state index in [-0.39, 0.29) is 6.54 Å². The molecule has 96 heavy (non-hydrogen) atoms. The molecule has 562 valence electrons. The van der Waals surface area contributed by atoms with Crippen LogP contribution in [0.1, 0.15) is 0 Å². The number of phosphoric acid groups is 1. The van der Waals surface area contributed by atoms with Crippen molar-refractivity contribution in [1.29, 1.82) is 0 Å². The van der Waals surface area contributed by atoms with Crippen molar-refractivity contribution < 1.29 is 212 Å². The molecule has 0 bridgehead atoms. The van der Waals surface area contributed by atoms with Crippen LogP contribution < -0.4 is 11.5 Å². The normalized spacial score (nSPS) is 51.2. The predicted octanol–water partition coefficient (Wildman–Crippen LogP) is -18.4. The van der Waals surface area contributed by atoms with Crippen molar-refractivity contribution in [1.82, 2.24) is 0 Å². The molecule has 0 radical (unpaired) electrons. The lowest BCUT2D eigenvalue weighted by Crippen LogP contribution is -2.70. The number of ether oxygens (including phenoxy) is 15. The maximum Gasteiger partial charge on any atom is 0.472 e. The quantitative estimate of drug-likeness (QED) is 0.0340. The van der Waals surface area contributed by atoms with Gasteiger partial charge in [0.25, 0.3) is 0 Å². The summed E-state index contributed by atoms with van der Waals surface area (Å²) >= 11 is 0. The second-order valence-electron chi connectivity index (χ2n) is 23.7. The molecule has 45 nitrogen and oxygen atoms in total. The molecular formula is C50H89N2O43P. The van der Waals surface area contributed by atoms with Gasteiger partial charge in [-0.1, -0.05) is 0 Å². The van der Waals surface area contributed by atoms with Crippen molar-refractivity contribution >= 4 is 7.82 Å². The van der Waals surface area contributed by atoms with E-state index in [0.717, 1.165) is 0 Å². The first-order valence-corrected chi connectivity index (χ1v) is 31.7. The molecule has 8 fully saturated rings. The van der Waals surface area contributed by atoms with Crippen LogP contribution in [0, 0.1) is 0 Å². The zero-order valence-corrected chi connectivity index (χ0v) is 51.2. The fourth-order valence-corrected chi connectivity index (χ4v) is 12.4. The highest BCUT2D eigenvalue weighted by molar-refractivity contribution is 7.47. The first kappa shape index (κ1) is 80.2. The summed E-state index contributed by atoms with van der Waals surface area (Å²) in [5, 5.41) is 262. The van der Waals surface area contributed by atoms with Gasteiger partial charge >= 0.3 is 7.82 Å². The van der Waals surface area contributed by atoms with Crippen molar-refractivity contribution in [3.63, 3.8) is 0 Å². The number of rotatable bonds is 27. The SMILES string of the molecule is NCCOP(=O)(O)OC[C@H]1O[C@H](O[C@@H]2[C@@H](OC[C@H]3O[C@H](O[C@H]4[C@H](O)[C@@H](N)[C@@H](O)O[C@@H]4CO)[C@@H](O)[C@@H](O)[C@@H]3O)O[C@H](CO)[C@@H](O)[C@@H]2O)[C@@H](O[C@H]2O[C@H](CO)[C@@H](O)[C@H](O[C@H]3O[C@H](CO)[C@@H](O)[C@H](O)[C@@H]3O)[C@@H]2O[C@H]2O[C@H](CO)[C@@H](O)[C@H](O)[C@@H]2O[C@H]2O[C@H](CO)[C@@H](O)[C@H](O)[C@@H]2O)[C@@H](O)[C@@H]1O. The van der Waals surface area contributed by atoms with E-state index >= 15 is 0 Å². The minimum absolute atomic E-state index is 0.323. The number of hydrogen-bond donors (Lipinski definition) is 27. The number of hydrogen-bond acceptors (Lipinski definition) is 44. The van der Waals surface area contributed by atoms with Crippen molar-refractivity contribution in [2.24, 2.45) is 11.5 Å². The first-order chi connectivity index (χ1) is 45.4. The average molecular weight is 1440 g/mol. The molecule has 0 spiro atoms. The molecule has 46 heteroatoms. The van der Waals surface area contributed by atoms with E-state index in [9.17, 15) is 132 Å². The lowest BCUT2D eigenvalue weighted by atomic mass is 9.95. The standard InChI is InChI=1S/C50H89N2O43P/c51-1-2-80-96(77,78)81-10-18-25(64)33(72)41(49(89-18)93-39-31(70)22(61)13(5-55)85-47(39)79-9-17-24(63)30(69)36(75)46(88-17)90-37-16(8-58)82-43(76)19(52)27(37)66)94-50-42(38(26(65)15(7-57)87-50)91-44-34(73)28(67)20(59)11(3-53)83-44)95-48-40(32(71)23(62)14(6-56)86-48)92-45-35(74)29(68)21(60)12(4-54)84-45/h11-50,53-76H,1-10,51-52H2,(H,77,78)/t11-,12-,13-,14-,15-,16-,17-,18-,19-,20-,21-,22-,23-,24-,25-,26-,27-,28+,29+,30+,31+,32+,33+,34+,35+,36+,37-,38+,39+,40+,41+,42+,43+,44-,45-,46-,47+,48-,49-,50-/m1/s1. The summed E-state index contributed by atoms with van der Waals surface area (Å²) in [6.45, 7) is -9.75. The maximum absolute atomic E-state index is 12.9. The van der Waals surface area contributed by atoms with E-state index in [1.807, 2.05) is 0 Å². The fourth-order valence-electron chi connectivity index (χ4n) is 11.7. The summed E-state index contributed by atoms with van der Waals surface area (Å²) in [4.78, 5) is 10.4. The number of aliphatic hydroxyl groups excluding tert-OH is 24. The van der Waals surface area contributed by atoms with Gasteiger partial charge in [0.05, 0.1) is 65.5 Å². The lowest BCUT2D eigenvalue weighted by molar-refractivity contribution is -0.423. The Morgan fingerprint density at radius 1 is 0.302 bits per heavy atom. The monoisotopic (exact) mass is 1440 g/mol. The van der Waals surface area contributed by atoms with Crippen LogP contribution in [0.4, 0.5) is 0 Å². The van der Waals surface area contributed by atoms with Crippen molar-refractivity contribution in [3.05, 3.63) is 0 Å². The molecule has 8 aliphatic rings. The molecule has 41 atom stereocenters. The summed E-state index contributed by atoms with van der Waals surface area (Å²) in [6, 6.07) is -1.57. The van der Waals surface area contributed by atoms with Gasteiger partial charge in [0.2, 0.25) is 0 Å². The van der Waals surface area contributed by atoms with Crippen molar-refractivity contribution in [2.45, 2.75) is 246 Å². The third-order valence-electron chi connectivity index (χ3n) is 17.3. The third-order valence-corrected chi connectivity index (χ3v) is 18.3. The van der Waals surface area contributed by atoms with Gasteiger partial charge in [0, 0.05) is 6.54 Å². The molecule has 0 aromatic heterocycles. The maximum atomic E-state index is 12.9. The summed E-state index contributed by atoms with van der Waals surface area (Å²) in [5.74, 6) is 0. The molecule has 0 aromatic carbocycles. The van der Waals surface area contributed by atoms with E-state index < -0.39 is 313 Å². The minimum Gasteiger partial charge on any atom is -0.394 e. The molecule has 8 rings (SSSR count). The number of nitrogens with two attached hydrogens (primary N) is 2. The third kappa shape index (κ3) is 17.5. The molecule has 8 saturated heterocycles. The Balaban J connectivity index is 1.17. The molecule has 1 unspecified atom stereocenters. The van der Waals surface area contributed by atoms with Gasteiger partial charge in [-0.2, -0.15) is 0 Å². The van der Waals surface area contributed by atoms with Gasteiger partial charge in [-0.15, -0.1) is 0 Å². The molecule has 0 aliphatic carbocycles.